The van der Waals surface area contributed by atoms with Gasteiger partial charge >= 0.3 is 0 Å². The lowest BCUT2D eigenvalue weighted by atomic mass is 10.1. The molecule has 0 bridgehead atoms. The molecule has 1 saturated heterocycles. The third-order valence-electron chi connectivity index (χ3n) is 4.00. The lowest BCUT2D eigenvalue weighted by Crippen LogP contribution is -2.39. The van der Waals surface area contributed by atoms with Crippen LogP contribution in [0.4, 0.5) is 5.69 Å². The van der Waals surface area contributed by atoms with Crippen LogP contribution in [0.25, 0.3) is 0 Å². The highest BCUT2D eigenvalue weighted by atomic mass is 35.5. The number of benzene rings is 1. The number of halogens is 1. The minimum Gasteiger partial charge on any atom is -0.395 e. The first kappa shape index (κ1) is 16.8. The summed E-state index contributed by atoms with van der Waals surface area (Å²) in [6, 6.07) is 5.40. The lowest BCUT2D eigenvalue weighted by Gasteiger charge is -2.24. The van der Waals surface area contributed by atoms with Crippen molar-refractivity contribution in [1.82, 2.24) is 4.90 Å². The maximum atomic E-state index is 12.5. The summed E-state index contributed by atoms with van der Waals surface area (Å²) in [7, 11) is 0. The molecule has 1 atom stereocenters. The summed E-state index contributed by atoms with van der Waals surface area (Å²) in [5.74, 6) is -0.506. The molecule has 1 fully saturated rings. The Morgan fingerprint density at radius 1 is 1.50 bits per heavy atom. The molecule has 1 aromatic carbocycles. The fourth-order valence-electron chi connectivity index (χ4n) is 2.78. The predicted octanol–water partition coefficient (Wildman–Crippen LogP) is 1.84. The predicted molar refractivity (Wildman–Crippen MR) is 86.0 cm³/mol. The Hall–Kier alpha value is -1.59. The van der Waals surface area contributed by atoms with Crippen molar-refractivity contribution in [3.63, 3.8) is 0 Å². The van der Waals surface area contributed by atoms with E-state index in [1.807, 2.05) is 19.9 Å². The first-order valence-corrected chi connectivity index (χ1v) is 7.81. The van der Waals surface area contributed by atoms with Gasteiger partial charge in [-0.1, -0.05) is 17.7 Å². The second-order valence-corrected chi connectivity index (χ2v) is 5.91. The van der Waals surface area contributed by atoms with Crippen molar-refractivity contribution < 1.29 is 14.7 Å². The Morgan fingerprint density at radius 2 is 2.23 bits per heavy atom. The Labute approximate surface area is 135 Å². The van der Waals surface area contributed by atoms with Crippen LogP contribution < -0.4 is 4.90 Å². The number of rotatable bonds is 5. The number of likely N-dealkylation sites (N-methyl/N-ethyl adjacent to an activating group) is 1. The van der Waals surface area contributed by atoms with E-state index in [1.165, 1.54) is 0 Å². The van der Waals surface area contributed by atoms with Gasteiger partial charge in [-0.3, -0.25) is 9.59 Å². The molecular weight excluding hydrogens is 304 g/mol. The standard InChI is InChI=1S/C16H21ClN2O3/c1-3-18(6-7-20)16(22)12-8-15(21)19(10-12)14-9-13(17)5-4-11(14)2/h4-5,9,12,20H,3,6-8,10H2,1-2H3. The Morgan fingerprint density at radius 3 is 2.86 bits per heavy atom. The minimum absolute atomic E-state index is 0.0660. The van der Waals surface area contributed by atoms with E-state index in [4.69, 9.17) is 16.7 Å². The zero-order valence-corrected chi connectivity index (χ0v) is 13.6. The quantitative estimate of drug-likeness (QED) is 0.899. The molecule has 0 aromatic heterocycles. The Bertz CT molecular complexity index is 577. The molecule has 22 heavy (non-hydrogen) atoms. The monoisotopic (exact) mass is 324 g/mol. The van der Waals surface area contributed by atoms with Crippen LogP contribution in [-0.2, 0) is 9.59 Å². The first-order chi connectivity index (χ1) is 10.5. The Balaban J connectivity index is 2.17. The number of carbonyl (C=O) groups is 2. The van der Waals surface area contributed by atoms with Crippen molar-refractivity contribution in [3.8, 4) is 0 Å². The summed E-state index contributed by atoms with van der Waals surface area (Å²) in [6.45, 7) is 4.90. The molecule has 1 N–H and O–H groups in total. The van der Waals surface area contributed by atoms with Gasteiger partial charge in [-0.15, -0.1) is 0 Å². The molecule has 0 saturated carbocycles. The van der Waals surface area contributed by atoms with Crippen LogP contribution >= 0.6 is 11.6 Å². The summed E-state index contributed by atoms with van der Waals surface area (Å²) in [5.41, 5.74) is 1.71. The smallest absolute Gasteiger partial charge is 0.228 e. The number of hydrogen-bond donors (Lipinski definition) is 1. The van der Waals surface area contributed by atoms with Gasteiger partial charge in [-0.2, -0.15) is 0 Å². The van der Waals surface area contributed by atoms with Gasteiger partial charge in [-0.25, -0.2) is 0 Å². The van der Waals surface area contributed by atoms with E-state index in [2.05, 4.69) is 0 Å². The van der Waals surface area contributed by atoms with Crippen molar-refractivity contribution in [1.29, 1.82) is 0 Å². The number of hydrogen-bond acceptors (Lipinski definition) is 3. The number of aliphatic hydroxyl groups is 1. The van der Waals surface area contributed by atoms with Crippen LogP contribution in [0.5, 0.6) is 0 Å². The third-order valence-corrected chi connectivity index (χ3v) is 4.23. The first-order valence-electron chi connectivity index (χ1n) is 7.44. The molecule has 2 rings (SSSR count). The van der Waals surface area contributed by atoms with Crippen LogP contribution in [0, 0.1) is 12.8 Å². The summed E-state index contributed by atoms with van der Waals surface area (Å²) < 4.78 is 0. The molecule has 1 heterocycles. The van der Waals surface area contributed by atoms with Crippen molar-refractivity contribution in [3.05, 3.63) is 28.8 Å². The van der Waals surface area contributed by atoms with Crippen LogP contribution in [0.2, 0.25) is 5.02 Å². The summed E-state index contributed by atoms with van der Waals surface area (Å²) in [5, 5.41) is 9.59. The topological polar surface area (TPSA) is 60.9 Å². The zero-order chi connectivity index (χ0) is 16.3. The summed E-state index contributed by atoms with van der Waals surface area (Å²) >= 11 is 6.02. The van der Waals surface area contributed by atoms with Crippen LogP contribution in [-0.4, -0.2) is 48.1 Å². The second-order valence-electron chi connectivity index (χ2n) is 5.48. The average molecular weight is 325 g/mol. The average Bonchev–Trinajstić information content (AvgIpc) is 2.88. The van der Waals surface area contributed by atoms with E-state index < -0.39 is 0 Å². The zero-order valence-electron chi connectivity index (χ0n) is 12.9. The number of aliphatic hydroxyl groups excluding tert-OH is 1. The fourth-order valence-corrected chi connectivity index (χ4v) is 2.95. The molecule has 120 valence electrons. The summed E-state index contributed by atoms with van der Waals surface area (Å²) in [6.07, 6.45) is 0.201. The largest absolute Gasteiger partial charge is 0.395 e. The van der Waals surface area contributed by atoms with Crippen LogP contribution in [0.3, 0.4) is 0 Å². The van der Waals surface area contributed by atoms with Gasteiger partial charge in [0, 0.05) is 36.8 Å². The SMILES string of the molecule is CCN(CCO)C(=O)C1CC(=O)N(c2cc(Cl)ccc2C)C1. The van der Waals surface area contributed by atoms with Crippen molar-refractivity contribution >= 4 is 29.1 Å². The lowest BCUT2D eigenvalue weighted by molar-refractivity contribution is -0.136. The van der Waals surface area contributed by atoms with Gasteiger partial charge in [0.05, 0.1) is 12.5 Å². The van der Waals surface area contributed by atoms with Gasteiger partial charge in [0.15, 0.2) is 0 Å². The molecule has 5 nitrogen and oxygen atoms in total. The molecular formula is C16H21ClN2O3. The maximum absolute atomic E-state index is 12.5. The van der Waals surface area contributed by atoms with Crippen LogP contribution in [0.1, 0.15) is 18.9 Å². The molecule has 0 spiro atoms. The van der Waals surface area contributed by atoms with Gasteiger partial charge in [-0.05, 0) is 31.5 Å². The van der Waals surface area contributed by atoms with Crippen molar-refractivity contribution in [2.24, 2.45) is 5.92 Å². The van der Waals surface area contributed by atoms with E-state index in [0.29, 0.717) is 24.7 Å². The minimum atomic E-state index is -0.364. The maximum Gasteiger partial charge on any atom is 0.228 e. The fraction of sp³-hybridized carbons (Fsp3) is 0.500. The van der Waals surface area contributed by atoms with E-state index in [-0.39, 0.29) is 30.8 Å². The van der Waals surface area contributed by atoms with Gasteiger partial charge < -0.3 is 14.9 Å². The molecule has 0 radical (unpaired) electrons. The number of carbonyl (C=O) groups excluding carboxylic acids is 2. The molecule has 6 heteroatoms. The summed E-state index contributed by atoms with van der Waals surface area (Å²) in [4.78, 5) is 28.0. The van der Waals surface area contributed by atoms with E-state index in [1.54, 1.807) is 21.9 Å². The normalized spacial score (nSPS) is 17.9. The second kappa shape index (κ2) is 7.11. The van der Waals surface area contributed by atoms with E-state index in [9.17, 15) is 9.59 Å². The highest BCUT2D eigenvalue weighted by Gasteiger charge is 2.37. The number of nitrogens with zero attached hydrogens (tertiary/aromatic N) is 2. The van der Waals surface area contributed by atoms with E-state index in [0.717, 1.165) is 11.3 Å². The number of anilines is 1. The van der Waals surface area contributed by atoms with Gasteiger partial charge in [0.2, 0.25) is 11.8 Å². The van der Waals surface area contributed by atoms with Crippen LogP contribution in [0.15, 0.2) is 18.2 Å². The highest BCUT2D eigenvalue weighted by molar-refractivity contribution is 6.31. The third kappa shape index (κ3) is 3.42. The number of aryl methyl sites for hydroxylation is 1. The molecule has 2 amide bonds. The highest BCUT2D eigenvalue weighted by Crippen LogP contribution is 2.30. The Kier molecular flexibility index (Phi) is 5.42. The van der Waals surface area contributed by atoms with Crippen molar-refractivity contribution in [2.75, 3.05) is 31.1 Å². The molecule has 1 aliphatic rings. The molecule has 1 aliphatic heterocycles. The molecule has 1 aromatic rings. The van der Waals surface area contributed by atoms with Gasteiger partial charge in [0.25, 0.3) is 0 Å². The van der Waals surface area contributed by atoms with Gasteiger partial charge in [0.1, 0.15) is 0 Å². The molecule has 1 unspecified atom stereocenters. The molecule has 0 aliphatic carbocycles. The van der Waals surface area contributed by atoms with Crippen molar-refractivity contribution in [2.45, 2.75) is 20.3 Å². The number of amides is 2. The van der Waals surface area contributed by atoms with E-state index >= 15 is 0 Å².